The van der Waals surface area contributed by atoms with Gasteiger partial charge in [-0.2, -0.15) is 0 Å². The second-order valence-corrected chi connectivity index (χ2v) is 7.50. The van der Waals surface area contributed by atoms with Gasteiger partial charge in [-0.3, -0.25) is 0 Å². The zero-order valence-corrected chi connectivity index (χ0v) is 15.4. The molecule has 2 aliphatic rings. The lowest BCUT2D eigenvalue weighted by Crippen LogP contribution is -2.29. The first-order valence-corrected chi connectivity index (χ1v) is 9.67. The molecule has 2 aliphatic heterocycles. The monoisotopic (exact) mass is 391 g/mol. The number of hydrogen-bond acceptors (Lipinski definition) is 5. The molecule has 0 aromatic heterocycles. The minimum absolute atomic E-state index is 0.00351. The molecule has 1 fully saturated rings. The van der Waals surface area contributed by atoms with E-state index in [0.717, 1.165) is 12.0 Å². The lowest BCUT2D eigenvalue weighted by Gasteiger charge is -2.29. The quantitative estimate of drug-likeness (QED) is 0.811. The molecule has 4 rings (SSSR count). The topological polar surface area (TPSA) is 73.9 Å². The van der Waals surface area contributed by atoms with Crippen molar-refractivity contribution in [1.29, 1.82) is 0 Å². The highest BCUT2D eigenvalue weighted by Crippen LogP contribution is 2.44. The number of benzene rings is 2. The molecule has 8 heteroatoms. The minimum atomic E-state index is -1.89. The highest BCUT2D eigenvalue weighted by atomic mass is 32.2. The lowest BCUT2D eigenvalue weighted by molar-refractivity contribution is 0.0469. The first-order valence-electron chi connectivity index (χ1n) is 8.52. The zero-order valence-electron chi connectivity index (χ0n) is 14.6. The summed E-state index contributed by atoms with van der Waals surface area (Å²) in [6, 6.07) is 9.23. The third kappa shape index (κ3) is 3.19. The summed E-state index contributed by atoms with van der Waals surface area (Å²) in [5.74, 6) is -0.659. The molecule has 1 saturated heterocycles. The molecule has 0 aliphatic carbocycles. The molecule has 0 bridgehead atoms. The largest absolute Gasteiger partial charge is 0.490 e. The van der Waals surface area contributed by atoms with Gasteiger partial charge in [0, 0.05) is 18.1 Å². The van der Waals surface area contributed by atoms with Crippen molar-refractivity contribution in [2.45, 2.75) is 23.3 Å². The number of esters is 1. The summed E-state index contributed by atoms with van der Waals surface area (Å²) in [5, 5.41) is 0. The fraction of sp³-hybridized carbons (Fsp3) is 0.316. The Morgan fingerprint density at radius 2 is 2.11 bits per heavy atom. The summed E-state index contributed by atoms with van der Waals surface area (Å²) in [6.07, 6.45) is 0.810. The molecule has 2 aromatic carbocycles. The van der Waals surface area contributed by atoms with E-state index in [4.69, 9.17) is 14.2 Å². The van der Waals surface area contributed by atoms with Gasteiger partial charge in [0.2, 0.25) is 0 Å². The van der Waals surface area contributed by atoms with Gasteiger partial charge in [0.25, 0.3) is 0 Å². The SMILES string of the molecule is COC(=O)c1c(NS(=O)c2ccccc2F)ccc2c1OCC1OCCC21. The summed E-state index contributed by atoms with van der Waals surface area (Å²) < 4.78 is 45.6. The predicted molar refractivity (Wildman–Crippen MR) is 96.8 cm³/mol. The molecule has 3 atom stereocenters. The number of fused-ring (bicyclic) bond motifs is 3. The summed E-state index contributed by atoms with van der Waals surface area (Å²) in [5.41, 5.74) is 1.29. The number of carbonyl (C=O) groups excluding carboxylic acids is 1. The maximum Gasteiger partial charge on any atom is 0.343 e. The Morgan fingerprint density at radius 1 is 1.30 bits per heavy atom. The van der Waals surface area contributed by atoms with Gasteiger partial charge in [-0.15, -0.1) is 0 Å². The van der Waals surface area contributed by atoms with Crippen LogP contribution in [0.3, 0.4) is 0 Å². The Labute approximate surface area is 158 Å². The van der Waals surface area contributed by atoms with Crippen LogP contribution in [0.4, 0.5) is 10.1 Å². The van der Waals surface area contributed by atoms with Crippen molar-refractivity contribution in [3.63, 3.8) is 0 Å². The number of halogens is 1. The molecule has 2 heterocycles. The molecular formula is C19H18FNO5S. The van der Waals surface area contributed by atoms with Crippen molar-refractivity contribution in [1.82, 2.24) is 0 Å². The van der Waals surface area contributed by atoms with Gasteiger partial charge in [0.1, 0.15) is 23.7 Å². The Morgan fingerprint density at radius 3 is 2.89 bits per heavy atom. The number of anilines is 1. The average Bonchev–Trinajstić information content (AvgIpc) is 3.16. The zero-order chi connectivity index (χ0) is 19.0. The van der Waals surface area contributed by atoms with Crippen LogP contribution in [0.25, 0.3) is 0 Å². The average molecular weight is 391 g/mol. The van der Waals surface area contributed by atoms with Gasteiger partial charge in [0.15, 0.2) is 11.0 Å². The molecule has 0 radical (unpaired) electrons. The van der Waals surface area contributed by atoms with E-state index in [1.807, 2.05) is 6.07 Å². The van der Waals surface area contributed by atoms with Crippen LogP contribution in [0.1, 0.15) is 28.3 Å². The van der Waals surface area contributed by atoms with E-state index >= 15 is 0 Å². The number of methoxy groups -OCH3 is 1. The molecule has 0 saturated carbocycles. The Hall–Kier alpha value is -2.45. The van der Waals surface area contributed by atoms with Gasteiger partial charge in [-0.05, 0) is 24.6 Å². The molecule has 1 N–H and O–H groups in total. The van der Waals surface area contributed by atoms with Crippen LogP contribution in [0, 0.1) is 5.82 Å². The van der Waals surface area contributed by atoms with Gasteiger partial charge in [-0.1, -0.05) is 18.2 Å². The van der Waals surface area contributed by atoms with Gasteiger partial charge in [0.05, 0.1) is 23.8 Å². The first-order chi connectivity index (χ1) is 13.1. The molecular weight excluding hydrogens is 373 g/mol. The molecule has 142 valence electrons. The summed E-state index contributed by atoms with van der Waals surface area (Å²) in [7, 11) is -0.626. The molecule has 6 nitrogen and oxygen atoms in total. The van der Waals surface area contributed by atoms with Crippen molar-refractivity contribution in [2.75, 3.05) is 25.0 Å². The standard InChI is InChI=1S/C19H18FNO5S/c1-24-19(22)17-14(21-27(23)16-5-3-2-4-13(16)20)7-6-12-11-8-9-25-15(11)10-26-18(12)17/h2-7,11,15,21H,8-10H2,1H3. The van der Waals surface area contributed by atoms with Crippen LogP contribution >= 0.6 is 0 Å². The third-order valence-electron chi connectivity index (χ3n) is 4.82. The fourth-order valence-electron chi connectivity index (χ4n) is 3.52. The summed E-state index contributed by atoms with van der Waals surface area (Å²) in [4.78, 5) is 12.4. The summed E-state index contributed by atoms with van der Waals surface area (Å²) in [6.45, 7) is 0.977. The van der Waals surface area contributed by atoms with E-state index in [0.29, 0.717) is 19.0 Å². The highest BCUT2D eigenvalue weighted by Gasteiger charge is 2.38. The van der Waals surface area contributed by atoms with Crippen molar-refractivity contribution >= 4 is 22.6 Å². The number of carbonyl (C=O) groups is 1. The number of ether oxygens (including phenoxy) is 3. The predicted octanol–water partition coefficient (Wildman–Crippen LogP) is 3.01. The Bertz CT molecular complexity index is 919. The van der Waals surface area contributed by atoms with Crippen molar-refractivity contribution < 1.29 is 27.6 Å². The van der Waals surface area contributed by atoms with Gasteiger partial charge < -0.3 is 18.9 Å². The van der Waals surface area contributed by atoms with E-state index in [9.17, 15) is 13.4 Å². The smallest absolute Gasteiger partial charge is 0.343 e. The van der Waals surface area contributed by atoms with Crippen LogP contribution in [0.15, 0.2) is 41.3 Å². The van der Waals surface area contributed by atoms with E-state index in [1.54, 1.807) is 12.1 Å². The van der Waals surface area contributed by atoms with Crippen LogP contribution in [0.2, 0.25) is 0 Å². The Kier molecular flexibility index (Phi) is 4.84. The number of rotatable bonds is 4. The van der Waals surface area contributed by atoms with Gasteiger partial charge >= 0.3 is 5.97 Å². The van der Waals surface area contributed by atoms with Crippen LogP contribution in [-0.4, -0.2) is 36.6 Å². The minimum Gasteiger partial charge on any atom is -0.490 e. The maximum atomic E-state index is 13.9. The maximum absolute atomic E-state index is 13.9. The normalized spacial score (nSPS) is 21.6. The van der Waals surface area contributed by atoms with Gasteiger partial charge in [-0.25, -0.2) is 13.4 Å². The van der Waals surface area contributed by atoms with E-state index in [-0.39, 0.29) is 28.2 Å². The highest BCUT2D eigenvalue weighted by molar-refractivity contribution is 7.86. The second-order valence-electron chi connectivity index (χ2n) is 6.31. The van der Waals surface area contributed by atoms with E-state index in [1.165, 1.54) is 25.3 Å². The first kappa shape index (κ1) is 17.9. The molecule has 0 amide bonds. The van der Waals surface area contributed by atoms with Crippen LogP contribution < -0.4 is 9.46 Å². The number of nitrogens with one attached hydrogen (secondary N) is 1. The molecule has 3 unspecified atom stereocenters. The van der Waals surface area contributed by atoms with Crippen molar-refractivity contribution in [2.24, 2.45) is 0 Å². The second kappa shape index (κ2) is 7.28. The molecule has 27 heavy (non-hydrogen) atoms. The summed E-state index contributed by atoms with van der Waals surface area (Å²) >= 11 is 0. The number of hydrogen-bond donors (Lipinski definition) is 1. The van der Waals surface area contributed by atoms with Crippen molar-refractivity contribution in [3.05, 3.63) is 53.3 Å². The van der Waals surface area contributed by atoms with E-state index < -0.39 is 22.8 Å². The van der Waals surface area contributed by atoms with Crippen LogP contribution in [-0.2, 0) is 20.5 Å². The molecule has 0 spiro atoms. The lowest BCUT2D eigenvalue weighted by atomic mass is 9.88. The van der Waals surface area contributed by atoms with Crippen LogP contribution in [0.5, 0.6) is 5.75 Å². The van der Waals surface area contributed by atoms with E-state index in [2.05, 4.69) is 4.72 Å². The Balaban J connectivity index is 1.74. The molecule has 2 aromatic rings. The third-order valence-corrected chi connectivity index (χ3v) is 5.95. The fourth-order valence-corrected chi connectivity index (χ4v) is 4.45. The van der Waals surface area contributed by atoms with Crippen molar-refractivity contribution in [3.8, 4) is 5.75 Å².